The van der Waals surface area contributed by atoms with Crippen LogP contribution in [0.15, 0.2) is 24.3 Å². The van der Waals surface area contributed by atoms with Gasteiger partial charge < -0.3 is 14.7 Å². The summed E-state index contributed by atoms with van der Waals surface area (Å²) in [6.45, 7) is 0.435. The summed E-state index contributed by atoms with van der Waals surface area (Å²) in [5.74, 6) is -2.19. The van der Waals surface area contributed by atoms with Gasteiger partial charge in [0.25, 0.3) is 0 Å². The van der Waals surface area contributed by atoms with Gasteiger partial charge in [-0.2, -0.15) is 0 Å². The number of likely N-dealkylation sites (tertiary alicyclic amines) is 1. The smallest absolute Gasteiger partial charge is 0.480 e. The lowest BCUT2D eigenvalue weighted by molar-refractivity contribution is -0.274. The van der Waals surface area contributed by atoms with E-state index in [1.165, 1.54) is 23.1 Å². The molecule has 1 aromatic carbocycles. The van der Waals surface area contributed by atoms with Gasteiger partial charge in [0, 0.05) is 12.5 Å². The van der Waals surface area contributed by atoms with E-state index in [1.54, 1.807) is 6.07 Å². The van der Waals surface area contributed by atoms with Crippen molar-refractivity contribution in [2.24, 2.45) is 17.8 Å². The molecule has 0 bridgehead atoms. The van der Waals surface area contributed by atoms with Crippen molar-refractivity contribution in [3.05, 3.63) is 29.8 Å². The van der Waals surface area contributed by atoms with Crippen LogP contribution in [0.4, 0.5) is 13.2 Å². The summed E-state index contributed by atoms with van der Waals surface area (Å²) in [4.78, 5) is 26.1. The molecule has 5 unspecified atom stereocenters. The average molecular weight is 383 g/mol. The summed E-state index contributed by atoms with van der Waals surface area (Å²) in [5.41, 5.74) is 0.347. The van der Waals surface area contributed by atoms with E-state index in [4.69, 9.17) is 0 Å². The molecule has 2 aliphatic carbocycles. The van der Waals surface area contributed by atoms with E-state index in [9.17, 15) is 27.9 Å². The number of halogens is 3. The largest absolute Gasteiger partial charge is 0.573 e. The first-order chi connectivity index (χ1) is 12.8. The zero-order valence-corrected chi connectivity index (χ0v) is 14.5. The second-order valence-corrected chi connectivity index (χ2v) is 7.66. The molecule has 5 nitrogen and oxygen atoms in total. The van der Waals surface area contributed by atoms with Gasteiger partial charge in [0.1, 0.15) is 11.8 Å². The number of aliphatic carboxylic acids is 1. The van der Waals surface area contributed by atoms with Crippen LogP contribution in [0.3, 0.4) is 0 Å². The van der Waals surface area contributed by atoms with Crippen molar-refractivity contribution in [2.75, 3.05) is 6.54 Å². The first-order valence-corrected chi connectivity index (χ1v) is 9.14. The van der Waals surface area contributed by atoms with E-state index in [0.717, 1.165) is 19.3 Å². The van der Waals surface area contributed by atoms with Crippen LogP contribution >= 0.6 is 0 Å². The Hall–Kier alpha value is -2.25. The molecule has 146 valence electrons. The van der Waals surface area contributed by atoms with E-state index in [2.05, 4.69) is 4.74 Å². The van der Waals surface area contributed by atoms with Gasteiger partial charge in [-0.1, -0.05) is 24.6 Å². The van der Waals surface area contributed by atoms with Crippen LogP contribution in [-0.4, -0.2) is 40.8 Å². The Bertz CT molecular complexity index is 766. The van der Waals surface area contributed by atoms with Gasteiger partial charge in [-0.05, 0) is 48.6 Å². The summed E-state index contributed by atoms with van der Waals surface area (Å²) < 4.78 is 41.9. The minimum absolute atomic E-state index is 0.00972. The van der Waals surface area contributed by atoms with E-state index in [0.29, 0.717) is 18.5 Å². The predicted molar refractivity (Wildman–Crippen MR) is 87.9 cm³/mol. The van der Waals surface area contributed by atoms with Crippen molar-refractivity contribution in [1.82, 2.24) is 4.90 Å². The molecule has 1 N–H and O–H groups in total. The Kier molecular flexibility index (Phi) is 4.31. The lowest BCUT2D eigenvalue weighted by Gasteiger charge is -2.24. The number of para-hydroxylation sites is 1. The Morgan fingerprint density at radius 3 is 2.63 bits per heavy atom. The third kappa shape index (κ3) is 3.37. The number of ether oxygens (including phenoxy) is 1. The Balaban J connectivity index is 1.51. The molecule has 0 radical (unpaired) electrons. The number of rotatable bonds is 4. The number of amides is 1. The van der Waals surface area contributed by atoms with Crippen LogP contribution < -0.4 is 4.74 Å². The second kappa shape index (κ2) is 6.42. The van der Waals surface area contributed by atoms with Crippen LogP contribution in [0, 0.1) is 17.8 Å². The number of alkyl halides is 3. The monoisotopic (exact) mass is 383 g/mol. The van der Waals surface area contributed by atoms with Gasteiger partial charge in [-0.15, -0.1) is 13.2 Å². The molecule has 8 heteroatoms. The number of hydrogen-bond donors (Lipinski definition) is 1. The summed E-state index contributed by atoms with van der Waals surface area (Å²) in [7, 11) is 0. The van der Waals surface area contributed by atoms with Gasteiger partial charge >= 0.3 is 12.3 Å². The quantitative estimate of drug-likeness (QED) is 0.866. The molecule has 3 fully saturated rings. The fraction of sp³-hybridized carbons (Fsp3) is 0.579. The van der Waals surface area contributed by atoms with Crippen molar-refractivity contribution >= 4 is 11.9 Å². The summed E-state index contributed by atoms with van der Waals surface area (Å²) in [5, 5.41) is 9.60. The fourth-order valence-electron chi connectivity index (χ4n) is 4.88. The SMILES string of the molecule is O=C(O)C1C2CCCC2CN1C(=O)C1CC1c1ccccc1OC(F)(F)F. The Labute approximate surface area is 154 Å². The topological polar surface area (TPSA) is 66.8 Å². The van der Waals surface area contributed by atoms with Crippen molar-refractivity contribution in [3.63, 3.8) is 0 Å². The van der Waals surface area contributed by atoms with E-state index in [1.807, 2.05) is 0 Å². The molecule has 1 heterocycles. The summed E-state index contributed by atoms with van der Waals surface area (Å²) in [6, 6.07) is 5.02. The number of hydrogen-bond acceptors (Lipinski definition) is 3. The van der Waals surface area contributed by atoms with Crippen LogP contribution in [0.25, 0.3) is 0 Å². The van der Waals surface area contributed by atoms with Gasteiger partial charge in [0.05, 0.1) is 0 Å². The maximum absolute atomic E-state index is 12.9. The Morgan fingerprint density at radius 1 is 1.19 bits per heavy atom. The molecule has 2 saturated carbocycles. The molecule has 0 spiro atoms. The highest BCUT2D eigenvalue weighted by Crippen LogP contribution is 2.53. The molecule has 4 rings (SSSR count). The summed E-state index contributed by atoms with van der Waals surface area (Å²) in [6.07, 6.45) is -1.67. The second-order valence-electron chi connectivity index (χ2n) is 7.66. The van der Waals surface area contributed by atoms with Crippen LogP contribution in [0.5, 0.6) is 5.75 Å². The minimum Gasteiger partial charge on any atom is -0.480 e. The predicted octanol–water partition coefficient (Wildman–Crippen LogP) is 3.40. The van der Waals surface area contributed by atoms with Crippen molar-refractivity contribution in [2.45, 2.75) is 44.0 Å². The lowest BCUT2D eigenvalue weighted by atomic mass is 9.94. The van der Waals surface area contributed by atoms with E-state index < -0.39 is 24.3 Å². The van der Waals surface area contributed by atoms with Gasteiger partial charge in [-0.25, -0.2) is 4.79 Å². The Morgan fingerprint density at radius 2 is 1.93 bits per heavy atom. The van der Waals surface area contributed by atoms with E-state index >= 15 is 0 Å². The van der Waals surface area contributed by atoms with Gasteiger partial charge in [0.2, 0.25) is 5.91 Å². The highest BCUT2D eigenvalue weighted by atomic mass is 19.4. The maximum atomic E-state index is 12.9. The van der Waals surface area contributed by atoms with E-state index in [-0.39, 0.29) is 29.4 Å². The van der Waals surface area contributed by atoms with Crippen molar-refractivity contribution in [1.29, 1.82) is 0 Å². The van der Waals surface area contributed by atoms with Crippen LogP contribution in [0.1, 0.15) is 37.2 Å². The molecule has 1 amide bonds. The number of carbonyl (C=O) groups excluding carboxylic acids is 1. The molecule has 3 aliphatic rings. The number of carboxylic acids is 1. The van der Waals surface area contributed by atoms with Crippen molar-refractivity contribution in [3.8, 4) is 5.75 Å². The highest BCUT2D eigenvalue weighted by Gasteiger charge is 2.55. The van der Waals surface area contributed by atoms with Crippen LogP contribution in [-0.2, 0) is 9.59 Å². The van der Waals surface area contributed by atoms with Crippen molar-refractivity contribution < 1.29 is 32.6 Å². The number of carboxylic acid groups (broad SMARTS) is 1. The molecular formula is C19H20F3NO4. The zero-order chi connectivity index (χ0) is 19.3. The maximum Gasteiger partial charge on any atom is 0.573 e. The molecule has 0 aromatic heterocycles. The number of carbonyl (C=O) groups is 2. The standard InChI is InChI=1S/C19H20F3NO4/c20-19(21,22)27-15-7-2-1-5-12(15)13-8-14(13)17(24)23-9-10-4-3-6-11(10)16(23)18(25)26/h1-2,5,7,10-11,13-14,16H,3-4,6,8-9H2,(H,25,26). The number of benzene rings is 1. The van der Waals surface area contributed by atoms with Gasteiger partial charge in [0.15, 0.2) is 0 Å². The normalized spacial score (nSPS) is 32.3. The third-order valence-corrected chi connectivity index (χ3v) is 6.08. The molecule has 5 atom stereocenters. The molecule has 1 aliphatic heterocycles. The third-order valence-electron chi connectivity index (χ3n) is 6.08. The number of nitrogens with zero attached hydrogens (tertiary/aromatic N) is 1. The molecule has 27 heavy (non-hydrogen) atoms. The average Bonchev–Trinajstić information content (AvgIpc) is 3.08. The van der Waals surface area contributed by atoms with Gasteiger partial charge in [-0.3, -0.25) is 4.79 Å². The lowest BCUT2D eigenvalue weighted by Crippen LogP contribution is -2.44. The highest BCUT2D eigenvalue weighted by molar-refractivity contribution is 5.88. The fourth-order valence-corrected chi connectivity index (χ4v) is 4.88. The molecule has 1 saturated heterocycles. The number of fused-ring (bicyclic) bond motifs is 1. The first-order valence-electron chi connectivity index (χ1n) is 9.14. The summed E-state index contributed by atoms with van der Waals surface area (Å²) >= 11 is 0. The first kappa shape index (κ1) is 18.1. The molecule has 1 aromatic rings. The molecular weight excluding hydrogens is 363 g/mol. The minimum atomic E-state index is -4.80. The zero-order valence-electron chi connectivity index (χ0n) is 14.5. The van der Waals surface area contributed by atoms with Crippen LogP contribution in [0.2, 0.25) is 0 Å².